The molecule has 0 radical (unpaired) electrons. The molecule has 4 N–H and O–H groups in total. The number of aliphatic hydroxyl groups is 1. The fraction of sp³-hybridized carbons (Fsp3) is 0.355. The SMILES string of the molecule is O[C@@H](CNCCC1CC=C([P+](O)(O)COc2ccccc2)CC1)COc1cccc(OCc2ccccc2)c1. The van der Waals surface area contributed by atoms with Crippen molar-refractivity contribution < 1.29 is 29.1 Å². The van der Waals surface area contributed by atoms with Gasteiger partial charge in [-0.1, -0.05) is 54.6 Å². The van der Waals surface area contributed by atoms with E-state index in [2.05, 4.69) is 5.32 Å². The summed E-state index contributed by atoms with van der Waals surface area (Å²) in [4.78, 5) is 21.2. The lowest BCUT2D eigenvalue weighted by Crippen LogP contribution is -2.32. The van der Waals surface area contributed by atoms with Crippen molar-refractivity contribution in [1.29, 1.82) is 0 Å². The zero-order valence-corrected chi connectivity index (χ0v) is 23.1. The molecule has 208 valence electrons. The number of hydrogen-bond acceptors (Lipinski definition) is 7. The molecule has 4 rings (SSSR count). The van der Waals surface area contributed by atoms with Crippen molar-refractivity contribution in [2.45, 2.75) is 38.4 Å². The third-order valence-electron chi connectivity index (χ3n) is 6.72. The van der Waals surface area contributed by atoms with Crippen LogP contribution in [0.25, 0.3) is 0 Å². The van der Waals surface area contributed by atoms with Crippen LogP contribution < -0.4 is 19.5 Å². The largest absolute Gasteiger partial charge is 0.491 e. The van der Waals surface area contributed by atoms with Gasteiger partial charge in [0.15, 0.2) is 0 Å². The van der Waals surface area contributed by atoms with Gasteiger partial charge < -0.3 is 24.6 Å². The predicted octanol–water partition coefficient (Wildman–Crippen LogP) is 5.54. The Labute approximate surface area is 231 Å². The second kappa shape index (κ2) is 15.0. The van der Waals surface area contributed by atoms with Gasteiger partial charge in [0.2, 0.25) is 0 Å². The summed E-state index contributed by atoms with van der Waals surface area (Å²) in [5.74, 6) is 2.49. The van der Waals surface area contributed by atoms with Crippen molar-refractivity contribution in [3.05, 3.63) is 102 Å². The van der Waals surface area contributed by atoms with Gasteiger partial charge in [-0.3, -0.25) is 0 Å². The normalized spacial score (nSPS) is 16.3. The van der Waals surface area contributed by atoms with E-state index in [1.54, 1.807) is 0 Å². The summed E-state index contributed by atoms with van der Waals surface area (Å²) in [6.45, 7) is 1.90. The Hall–Kier alpha value is -2.93. The van der Waals surface area contributed by atoms with Gasteiger partial charge in [0.1, 0.15) is 41.9 Å². The average Bonchev–Trinajstić information content (AvgIpc) is 2.98. The molecule has 1 unspecified atom stereocenters. The van der Waals surface area contributed by atoms with Gasteiger partial charge in [0.25, 0.3) is 6.35 Å². The molecule has 0 amide bonds. The summed E-state index contributed by atoms with van der Waals surface area (Å²) >= 11 is 0. The lowest BCUT2D eigenvalue weighted by Gasteiger charge is -2.24. The first-order chi connectivity index (χ1) is 19.0. The number of aliphatic hydroxyl groups excluding tert-OH is 1. The van der Waals surface area contributed by atoms with E-state index in [4.69, 9.17) is 14.2 Å². The minimum atomic E-state index is -3.24. The highest BCUT2D eigenvalue weighted by Crippen LogP contribution is 2.61. The first-order valence-corrected chi connectivity index (χ1v) is 15.4. The van der Waals surface area contributed by atoms with Crippen molar-refractivity contribution >= 4 is 7.72 Å². The molecule has 2 atom stereocenters. The Morgan fingerprint density at radius 1 is 0.846 bits per heavy atom. The van der Waals surface area contributed by atoms with E-state index in [-0.39, 0.29) is 13.0 Å². The molecule has 1 aliphatic rings. The van der Waals surface area contributed by atoms with Gasteiger partial charge in [-0.15, -0.1) is 0 Å². The molecule has 3 aromatic rings. The first-order valence-electron chi connectivity index (χ1n) is 13.5. The van der Waals surface area contributed by atoms with Crippen molar-refractivity contribution in [3.8, 4) is 17.2 Å². The summed E-state index contributed by atoms with van der Waals surface area (Å²) < 4.78 is 17.2. The Kier molecular flexibility index (Phi) is 11.2. The van der Waals surface area contributed by atoms with E-state index in [9.17, 15) is 14.9 Å². The van der Waals surface area contributed by atoms with Crippen LogP contribution in [0.3, 0.4) is 0 Å². The molecule has 7 nitrogen and oxygen atoms in total. The second-order valence-corrected chi connectivity index (χ2v) is 12.2. The zero-order chi connectivity index (χ0) is 27.3. The maximum atomic E-state index is 10.6. The molecule has 0 spiro atoms. The fourth-order valence-corrected chi connectivity index (χ4v) is 5.83. The lowest BCUT2D eigenvalue weighted by molar-refractivity contribution is 0.106. The maximum absolute atomic E-state index is 10.6. The van der Waals surface area contributed by atoms with Crippen LogP contribution in [-0.4, -0.2) is 47.0 Å². The first kappa shape index (κ1) is 29.1. The van der Waals surface area contributed by atoms with Crippen LogP contribution in [-0.2, 0) is 6.61 Å². The third kappa shape index (κ3) is 9.95. The van der Waals surface area contributed by atoms with Gasteiger partial charge in [-0.2, -0.15) is 0 Å². The Morgan fingerprint density at radius 3 is 2.26 bits per heavy atom. The molecular formula is C31H39NO6P+. The van der Waals surface area contributed by atoms with Gasteiger partial charge in [-0.05, 0) is 67.6 Å². The molecular weight excluding hydrogens is 513 g/mol. The number of ether oxygens (including phenoxy) is 3. The molecule has 0 bridgehead atoms. The maximum Gasteiger partial charge on any atom is 0.334 e. The van der Waals surface area contributed by atoms with Crippen molar-refractivity contribution in [2.24, 2.45) is 5.92 Å². The smallest absolute Gasteiger partial charge is 0.334 e. The van der Waals surface area contributed by atoms with Crippen molar-refractivity contribution in [1.82, 2.24) is 5.32 Å². The predicted molar refractivity (Wildman–Crippen MR) is 155 cm³/mol. The van der Waals surface area contributed by atoms with Crippen molar-refractivity contribution in [2.75, 3.05) is 26.0 Å². The second-order valence-electron chi connectivity index (χ2n) is 9.86. The van der Waals surface area contributed by atoms with Crippen molar-refractivity contribution in [3.63, 3.8) is 0 Å². The number of hydrogen-bond donors (Lipinski definition) is 4. The van der Waals surface area contributed by atoms with Crippen LogP contribution in [0.5, 0.6) is 17.2 Å². The van der Waals surface area contributed by atoms with Gasteiger partial charge in [-0.25, -0.2) is 9.79 Å². The van der Waals surface area contributed by atoms with E-state index < -0.39 is 13.8 Å². The molecule has 0 saturated heterocycles. The molecule has 3 aromatic carbocycles. The zero-order valence-electron chi connectivity index (χ0n) is 22.2. The summed E-state index contributed by atoms with van der Waals surface area (Å²) in [5, 5.41) is 14.4. The molecule has 0 aliphatic heterocycles. The van der Waals surface area contributed by atoms with Gasteiger partial charge >= 0.3 is 7.72 Å². The number of nitrogens with one attached hydrogen (secondary N) is 1. The van der Waals surface area contributed by atoms with Gasteiger partial charge in [0, 0.05) is 19.0 Å². The highest BCUT2D eigenvalue weighted by atomic mass is 31.2. The molecule has 0 heterocycles. The topological polar surface area (TPSA) is 100 Å². The third-order valence-corrected chi connectivity index (χ3v) is 8.53. The minimum Gasteiger partial charge on any atom is -0.491 e. The summed E-state index contributed by atoms with van der Waals surface area (Å²) in [5.41, 5.74) is 1.10. The molecule has 0 fully saturated rings. The van der Waals surface area contributed by atoms with E-state index >= 15 is 0 Å². The molecule has 0 saturated carbocycles. The molecule has 1 aliphatic carbocycles. The van der Waals surface area contributed by atoms with E-state index in [0.717, 1.165) is 42.4 Å². The molecule has 39 heavy (non-hydrogen) atoms. The standard InChI is InChI=1S/C31H39NO6P/c33-27(23-37-30-13-7-12-29(20-30)36-22-26-8-3-1-4-9-26)21-32-19-18-25-14-16-31(17-15-25)39(34,35)24-38-28-10-5-2-6-11-28/h1-13,16,20,25,27,32-35H,14-15,17-19,21-24H2/q+1/t25?,27-/m0/s1. The highest BCUT2D eigenvalue weighted by molar-refractivity contribution is 7.68. The fourth-order valence-electron chi connectivity index (χ4n) is 4.45. The van der Waals surface area contributed by atoms with E-state index in [0.29, 0.717) is 37.0 Å². The minimum absolute atomic E-state index is 0.0833. The lowest BCUT2D eigenvalue weighted by atomic mass is 9.91. The quantitative estimate of drug-likeness (QED) is 0.145. The Bertz CT molecular complexity index is 1160. The highest BCUT2D eigenvalue weighted by Gasteiger charge is 2.41. The summed E-state index contributed by atoms with van der Waals surface area (Å²) in [6, 6.07) is 26.7. The van der Waals surface area contributed by atoms with Crippen LogP contribution in [0.4, 0.5) is 0 Å². The molecule has 8 heteroatoms. The Balaban J connectivity index is 1.09. The number of para-hydroxylation sites is 1. The van der Waals surface area contributed by atoms with Crippen LogP contribution >= 0.6 is 7.72 Å². The van der Waals surface area contributed by atoms with E-state index in [1.165, 1.54) is 0 Å². The number of rotatable bonds is 15. The molecule has 0 aromatic heterocycles. The van der Waals surface area contributed by atoms with Crippen LogP contribution in [0, 0.1) is 5.92 Å². The summed E-state index contributed by atoms with van der Waals surface area (Å²) in [6.07, 6.45) is 4.64. The number of benzene rings is 3. The number of allylic oxidation sites excluding steroid dienone is 2. The van der Waals surface area contributed by atoms with Gasteiger partial charge in [0.05, 0.1) is 0 Å². The average molecular weight is 553 g/mol. The summed E-state index contributed by atoms with van der Waals surface area (Å²) in [7, 11) is -3.24. The monoisotopic (exact) mass is 552 g/mol. The Morgan fingerprint density at radius 2 is 1.54 bits per heavy atom. The van der Waals surface area contributed by atoms with Crippen LogP contribution in [0.15, 0.2) is 96.3 Å². The van der Waals surface area contributed by atoms with E-state index in [1.807, 2.05) is 91.0 Å². The van der Waals surface area contributed by atoms with Crippen LogP contribution in [0.2, 0.25) is 0 Å². The van der Waals surface area contributed by atoms with Crippen LogP contribution in [0.1, 0.15) is 31.2 Å².